The third-order valence-electron chi connectivity index (χ3n) is 2.78. The number of aliphatic carboxylic acids is 1. The van der Waals surface area contributed by atoms with Crippen molar-refractivity contribution in [1.82, 2.24) is 4.72 Å². The zero-order chi connectivity index (χ0) is 14.6. The van der Waals surface area contributed by atoms with Gasteiger partial charge in [-0.05, 0) is 18.9 Å². The molecule has 1 rings (SSSR count). The Hall–Kier alpha value is -0.960. The number of carboxylic acids is 1. The summed E-state index contributed by atoms with van der Waals surface area (Å²) in [5.41, 5.74) is 6.02. The lowest BCUT2D eigenvalue weighted by Crippen LogP contribution is -2.56. The van der Waals surface area contributed by atoms with E-state index >= 15 is 0 Å². The molecule has 0 aromatic carbocycles. The summed E-state index contributed by atoms with van der Waals surface area (Å²) in [6.45, 7) is 2.31. The van der Waals surface area contributed by atoms with Crippen LogP contribution in [0.1, 0.15) is 19.8 Å². The van der Waals surface area contributed by atoms with Crippen molar-refractivity contribution >= 4 is 16.0 Å². The normalized spacial score (nSPS) is 27.9. The predicted molar refractivity (Wildman–Crippen MR) is 70.1 cm³/mol. The summed E-state index contributed by atoms with van der Waals surface area (Å²) < 4.78 is 30.5. The molecule has 0 heterocycles. The van der Waals surface area contributed by atoms with Crippen molar-refractivity contribution in [2.75, 3.05) is 12.9 Å². The first-order valence-electron chi connectivity index (χ1n) is 6.03. The molecule has 1 aliphatic rings. The Bertz CT molecular complexity index is 460. The molecule has 0 radical (unpaired) electrons. The Morgan fingerprint density at radius 2 is 2.26 bits per heavy atom. The molecule has 0 spiro atoms. The molecule has 4 N–H and O–H groups in total. The smallest absolute Gasteiger partial charge is 0.331 e. The molecule has 0 aliphatic heterocycles. The second-order valence-corrected chi connectivity index (χ2v) is 6.40. The minimum Gasteiger partial charge on any atom is -0.478 e. The second kappa shape index (κ2) is 6.47. The molecule has 8 heteroatoms. The molecule has 0 aromatic heterocycles. The fraction of sp³-hybridized carbons (Fsp3) is 0.727. The zero-order valence-corrected chi connectivity index (χ0v) is 11.8. The van der Waals surface area contributed by atoms with Crippen LogP contribution in [-0.4, -0.2) is 50.5 Å². The molecule has 110 valence electrons. The zero-order valence-electron chi connectivity index (χ0n) is 11.0. The maximum absolute atomic E-state index is 11.3. The average molecular weight is 292 g/mol. The van der Waals surface area contributed by atoms with Crippen LogP contribution in [0.4, 0.5) is 0 Å². The number of hydrogen-bond acceptors (Lipinski definition) is 5. The minimum atomic E-state index is -3.44. The lowest BCUT2D eigenvalue weighted by molar-refractivity contribution is -0.133. The number of nitrogens with two attached hydrogens (primary N) is 1. The first-order valence-corrected chi connectivity index (χ1v) is 7.92. The lowest BCUT2D eigenvalue weighted by atomic mass is 9.89. The van der Waals surface area contributed by atoms with Crippen molar-refractivity contribution in [2.24, 2.45) is 5.73 Å². The number of sulfonamides is 1. The highest BCUT2D eigenvalue weighted by atomic mass is 32.2. The predicted octanol–water partition coefficient (Wildman–Crippen LogP) is -0.559. The van der Waals surface area contributed by atoms with Gasteiger partial charge in [0.15, 0.2) is 0 Å². The number of nitrogens with one attached hydrogen (secondary N) is 1. The molecule has 19 heavy (non-hydrogen) atoms. The van der Waals surface area contributed by atoms with Crippen LogP contribution in [0.2, 0.25) is 0 Å². The summed E-state index contributed by atoms with van der Waals surface area (Å²) in [5, 5.41) is 9.00. The molecular weight excluding hydrogens is 272 g/mol. The fourth-order valence-corrected chi connectivity index (χ4v) is 2.76. The summed E-state index contributed by atoms with van der Waals surface area (Å²) in [5.74, 6) is -1.06. The van der Waals surface area contributed by atoms with Gasteiger partial charge in [-0.1, -0.05) is 6.92 Å². The Morgan fingerprint density at radius 3 is 2.74 bits per heavy atom. The third kappa shape index (κ3) is 4.90. The molecule has 0 fully saturated rings. The van der Waals surface area contributed by atoms with E-state index < -0.39 is 34.2 Å². The van der Waals surface area contributed by atoms with Crippen LogP contribution >= 0.6 is 0 Å². The highest BCUT2D eigenvalue weighted by molar-refractivity contribution is 7.88. The van der Waals surface area contributed by atoms with Gasteiger partial charge < -0.3 is 15.6 Å². The van der Waals surface area contributed by atoms with E-state index in [1.54, 1.807) is 0 Å². The van der Waals surface area contributed by atoms with E-state index in [0.717, 1.165) is 12.7 Å². The fourth-order valence-electron chi connectivity index (χ4n) is 1.96. The van der Waals surface area contributed by atoms with Crippen molar-refractivity contribution in [1.29, 1.82) is 0 Å². The van der Waals surface area contributed by atoms with Gasteiger partial charge in [0, 0.05) is 18.2 Å². The van der Waals surface area contributed by atoms with Gasteiger partial charge in [-0.2, -0.15) is 0 Å². The molecule has 3 atom stereocenters. The van der Waals surface area contributed by atoms with Crippen LogP contribution in [-0.2, 0) is 19.6 Å². The third-order valence-corrected chi connectivity index (χ3v) is 3.48. The van der Waals surface area contributed by atoms with Gasteiger partial charge in [0.2, 0.25) is 10.0 Å². The maximum Gasteiger partial charge on any atom is 0.331 e. The van der Waals surface area contributed by atoms with Crippen molar-refractivity contribution in [3.8, 4) is 0 Å². The van der Waals surface area contributed by atoms with Gasteiger partial charge in [0.25, 0.3) is 0 Å². The van der Waals surface area contributed by atoms with E-state index in [1.807, 2.05) is 6.92 Å². The van der Waals surface area contributed by atoms with Gasteiger partial charge in [0.05, 0.1) is 18.4 Å². The van der Waals surface area contributed by atoms with Crippen LogP contribution in [0, 0.1) is 0 Å². The van der Waals surface area contributed by atoms with Crippen molar-refractivity contribution in [3.63, 3.8) is 0 Å². The Morgan fingerprint density at radius 1 is 1.63 bits per heavy atom. The number of carbonyl (C=O) groups is 1. The largest absolute Gasteiger partial charge is 0.478 e. The highest BCUT2D eigenvalue weighted by Gasteiger charge is 2.35. The van der Waals surface area contributed by atoms with Crippen LogP contribution in [0.25, 0.3) is 0 Å². The van der Waals surface area contributed by atoms with E-state index in [0.29, 0.717) is 6.61 Å². The number of ether oxygens (including phenoxy) is 1. The van der Waals surface area contributed by atoms with E-state index in [1.165, 1.54) is 6.08 Å². The molecule has 0 saturated heterocycles. The van der Waals surface area contributed by atoms with Crippen molar-refractivity contribution in [2.45, 2.75) is 38.0 Å². The maximum atomic E-state index is 11.3. The van der Waals surface area contributed by atoms with E-state index in [9.17, 15) is 13.2 Å². The SMILES string of the molecule is CCCO[C@@H]1C=C(C(=O)O)C[C@H](N)[C@H]1NS(C)(=O)=O. The van der Waals surface area contributed by atoms with E-state index in [2.05, 4.69) is 4.72 Å². The molecule has 1 aliphatic carbocycles. The Labute approximate surface area is 112 Å². The highest BCUT2D eigenvalue weighted by Crippen LogP contribution is 2.21. The Balaban J connectivity index is 2.96. The van der Waals surface area contributed by atoms with Gasteiger partial charge in [-0.15, -0.1) is 0 Å². The lowest BCUT2D eigenvalue weighted by Gasteiger charge is -2.34. The standard InChI is InChI=1S/C11H20N2O5S/c1-3-4-18-9-6-7(11(14)15)5-8(12)10(9)13-19(2,16)17/h6,8-10,13H,3-5,12H2,1-2H3,(H,14,15)/t8-,9+,10+/m0/s1. The van der Waals surface area contributed by atoms with Gasteiger partial charge >= 0.3 is 5.97 Å². The quantitative estimate of drug-likeness (QED) is 0.604. The average Bonchev–Trinajstić information content (AvgIpc) is 2.27. The summed E-state index contributed by atoms with van der Waals surface area (Å²) in [7, 11) is -3.44. The van der Waals surface area contributed by atoms with Crippen molar-refractivity contribution < 1.29 is 23.1 Å². The number of hydrogen-bond donors (Lipinski definition) is 3. The summed E-state index contributed by atoms with van der Waals surface area (Å²) in [6, 6.07) is -1.28. The van der Waals surface area contributed by atoms with Gasteiger partial charge in [-0.25, -0.2) is 17.9 Å². The summed E-state index contributed by atoms with van der Waals surface area (Å²) >= 11 is 0. The van der Waals surface area contributed by atoms with E-state index in [4.69, 9.17) is 15.6 Å². The molecule has 0 aromatic rings. The summed E-state index contributed by atoms with van der Waals surface area (Å²) in [4.78, 5) is 11.0. The number of carboxylic acid groups (broad SMARTS) is 1. The summed E-state index contributed by atoms with van der Waals surface area (Å²) in [6.07, 6.45) is 2.66. The topological polar surface area (TPSA) is 119 Å². The minimum absolute atomic E-state index is 0.106. The monoisotopic (exact) mass is 292 g/mol. The molecule has 0 amide bonds. The van der Waals surface area contributed by atoms with Gasteiger partial charge in [-0.3, -0.25) is 0 Å². The molecular formula is C11H20N2O5S. The van der Waals surface area contributed by atoms with Gasteiger partial charge in [0.1, 0.15) is 0 Å². The van der Waals surface area contributed by atoms with E-state index in [-0.39, 0.29) is 12.0 Å². The molecule has 0 bridgehead atoms. The van der Waals surface area contributed by atoms with Crippen LogP contribution in [0.15, 0.2) is 11.6 Å². The second-order valence-electron chi connectivity index (χ2n) is 4.62. The number of rotatable bonds is 6. The first-order chi connectivity index (χ1) is 8.74. The molecule has 0 unspecified atom stereocenters. The van der Waals surface area contributed by atoms with Crippen LogP contribution in [0.3, 0.4) is 0 Å². The molecule has 7 nitrogen and oxygen atoms in total. The first kappa shape index (κ1) is 16.1. The van der Waals surface area contributed by atoms with Crippen molar-refractivity contribution in [3.05, 3.63) is 11.6 Å². The Kier molecular flexibility index (Phi) is 5.48. The van der Waals surface area contributed by atoms with Crippen LogP contribution in [0.5, 0.6) is 0 Å². The van der Waals surface area contributed by atoms with Crippen LogP contribution < -0.4 is 10.5 Å². The molecule has 0 saturated carbocycles.